The van der Waals surface area contributed by atoms with Crippen LogP contribution < -0.4 is 14.8 Å². The smallest absolute Gasteiger partial charge is 0.412 e. The molecule has 0 saturated carbocycles. The van der Waals surface area contributed by atoms with Crippen molar-refractivity contribution in [3.63, 3.8) is 0 Å². The Morgan fingerprint density at radius 1 is 1.22 bits per heavy atom. The second kappa shape index (κ2) is 8.09. The van der Waals surface area contributed by atoms with Crippen LogP contribution >= 0.6 is 11.3 Å². The van der Waals surface area contributed by atoms with Gasteiger partial charge < -0.3 is 14.2 Å². The maximum Gasteiger partial charge on any atom is 0.412 e. The summed E-state index contributed by atoms with van der Waals surface area (Å²) in [6.45, 7) is 3.88. The molecular weight excluding hydrogens is 368 g/mol. The Morgan fingerprint density at radius 2 is 2.00 bits per heavy atom. The van der Waals surface area contributed by atoms with Gasteiger partial charge in [0.25, 0.3) is 0 Å². The SMILES string of the molecule is CCOC(=O)Nc1cc(C)nn1-c1nc(-c2ccc(OC)c(OC)c2)cs1. The fourth-order valence-corrected chi connectivity index (χ4v) is 3.29. The summed E-state index contributed by atoms with van der Waals surface area (Å²) in [6.07, 6.45) is -0.532. The number of carbonyl (C=O) groups is 1. The molecule has 0 saturated heterocycles. The number of nitrogens with one attached hydrogen (secondary N) is 1. The molecule has 1 amide bonds. The molecule has 0 aliphatic heterocycles. The Bertz CT molecular complexity index is 951. The number of hydrogen-bond acceptors (Lipinski definition) is 7. The van der Waals surface area contributed by atoms with E-state index in [4.69, 9.17) is 14.2 Å². The lowest BCUT2D eigenvalue weighted by atomic mass is 10.1. The lowest BCUT2D eigenvalue weighted by molar-refractivity contribution is 0.167. The number of rotatable bonds is 6. The van der Waals surface area contributed by atoms with Gasteiger partial charge >= 0.3 is 6.09 Å². The highest BCUT2D eigenvalue weighted by Gasteiger charge is 2.15. The third-order valence-electron chi connectivity index (χ3n) is 3.69. The largest absolute Gasteiger partial charge is 0.493 e. The van der Waals surface area contributed by atoms with Crippen LogP contribution in [0.5, 0.6) is 11.5 Å². The number of ether oxygens (including phenoxy) is 3. The van der Waals surface area contributed by atoms with E-state index in [0.29, 0.717) is 29.1 Å². The molecule has 0 radical (unpaired) electrons. The van der Waals surface area contributed by atoms with Crippen molar-refractivity contribution in [2.75, 3.05) is 26.1 Å². The van der Waals surface area contributed by atoms with Gasteiger partial charge in [-0.05, 0) is 32.0 Å². The van der Waals surface area contributed by atoms with Crippen molar-refractivity contribution in [1.82, 2.24) is 14.8 Å². The van der Waals surface area contributed by atoms with Gasteiger partial charge in [0.1, 0.15) is 5.82 Å². The second-order valence-electron chi connectivity index (χ2n) is 5.51. The highest BCUT2D eigenvalue weighted by atomic mass is 32.1. The van der Waals surface area contributed by atoms with E-state index in [0.717, 1.165) is 17.0 Å². The van der Waals surface area contributed by atoms with Crippen LogP contribution in [0.25, 0.3) is 16.4 Å². The Hall–Kier alpha value is -3.07. The molecule has 0 aliphatic rings. The van der Waals surface area contributed by atoms with Crippen LogP contribution in [0.3, 0.4) is 0 Å². The summed E-state index contributed by atoms with van der Waals surface area (Å²) in [5.41, 5.74) is 2.41. The highest BCUT2D eigenvalue weighted by Crippen LogP contribution is 2.33. The predicted octanol–water partition coefficient (Wildman–Crippen LogP) is 3.89. The van der Waals surface area contributed by atoms with E-state index in [1.54, 1.807) is 31.9 Å². The van der Waals surface area contributed by atoms with E-state index in [2.05, 4.69) is 15.4 Å². The number of aromatic nitrogens is 3. The minimum absolute atomic E-state index is 0.291. The number of thiazole rings is 1. The number of hydrogen-bond donors (Lipinski definition) is 1. The molecule has 27 heavy (non-hydrogen) atoms. The number of benzene rings is 1. The monoisotopic (exact) mass is 388 g/mol. The van der Waals surface area contributed by atoms with Crippen molar-refractivity contribution in [3.8, 4) is 27.9 Å². The van der Waals surface area contributed by atoms with Crippen LogP contribution in [0.4, 0.5) is 10.6 Å². The molecule has 9 heteroatoms. The molecule has 0 bridgehead atoms. The molecular formula is C18H20N4O4S. The molecule has 0 atom stereocenters. The van der Waals surface area contributed by atoms with Crippen molar-refractivity contribution in [1.29, 1.82) is 0 Å². The maximum atomic E-state index is 11.7. The fraction of sp³-hybridized carbons (Fsp3) is 0.278. The standard InChI is InChI=1S/C18H20N4O4S/c1-5-26-18(23)20-16-8-11(2)21-22(16)17-19-13(10-27-17)12-6-7-14(24-3)15(9-12)25-4/h6-10H,5H2,1-4H3,(H,20,23). The van der Waals surface area contributed by atoms with Gasteiger partial charge in [0.2, 0.25) is 5.13 Å². The van der Waals surface area contributed by atoms with Crippen LogP contribution in [0.2, 0.25) is 0 Å². The van der Waals surface area contributed by atoms with Gasteiger partial charge in [0.05, 0.1) is 32.2 Å². The van der Waals surface area contributed by atoms with Gasteiger partial charge in [-0.2, -0.15) is 9.78 Å². The third kappa shape index (κ3) is 4.03. The number of aryl methyl sites for hydroxylation is 1. The summed E-state index contributed by atoms with van der Waals surface area (Å²) >= 11 is 1.41. The van der Waals surface area contributed by atoms with E-state index in [9.17, 15) is 4.79 Å². The minimum atomic E-state index is -0.532. The number of anilines is 1. The zero-order valence-corrected chi connectivity index (χ0v) is 16.3. The van der Waals surface area contributed by atoms with Gasteiger partial charge in [-0.1, -0.05) is 0 Å². The topological polar surface area (TPSA) is 87.5 Å². The Labute approximate surface area is 160 Å². The minimum Gasteiger partial charge on any atom is -0.493 e. The molecule has 0 spiro atoms. The summed E-state index contributed by atoms with van der Waals surface area (Å²) < 4.78 is 17.1. The average molecular weight is 388 g/mol. The molecule has 0 aliphatic carbocycles. The van der Waals surface area contributed by atoms with Crippen LogP contribution in [0.15, 0.2) is 29.6 Å². The fourth-order valence-electron chi connectivity index (χ4n) is 2.50. The van der Waals surface area contributed by atoms with Crippen molar-refractivity contribution in [2.45, 2.75) is 13.8 Å². The molecule has 2 aromatic heterocycles. The van der Waals surface area contributed by atoms with E-state index in [1.165, 1.54) is 11.3 Å². The first kappa shape index (κ1) is 18.7. The molecule has 1 N–H and O–H groups in total. The van der Waals surface area contributed by atoms with Gasteiger partial charge in [-0.25, -0.2) is 9.78 Å². The summed E-state index contributed by atoms with van der Waals surface area (Å²) in [4.78, 5) is 16.4. The predicted molar refractivity (Wildman–Crippen MR) is 103 cm³/mol. The molecule has 2 heterocycles. The summed E-state index contributed by atoms with van der Waals surface area (Å²) in [5, 5.41) is 9.64. The van der Waals surface area contributed by atoms with Crippen LogP contribution in [-0.2, 0) is 4.74 Å². The average Bonchev–Trinajstić information content (AvgIpc) is 3.28. The third-order valence-corrected chi connectivity index (χ3v) is 4.51. The van der Waals surface area contributed by atoms with Gasteiger partial charge in [0, 0.05) is 17.0 Å². The van der Waals surface area contributed by atoms with Crippen LogP contribution in [-0.4, -0.2) is 41.7 Å². The van der Waals surface area contributed by atoms with E-state index < -0.39 is 6.09 Å². The number of amides is 1. The zero-order valence-electron chi connectivity index (χ0n) is 15.5. The highest BCUT2D eigenvalue weighted by molar-refractivity contribution is 7.12. The number of methoxy groups -OCH3 is 2. The van der Waals surface area contributed by atoms with Crippen molar-refractivity contribution < 1.29 is 19.0 Å². The summed E-state index contributed by atoms with van der Waals surface area (Å²) in [5.74, 6) is 1.78. The molecule has 0 unspecified atom stereocenters. The Kier molecular flexibility index (Phi) is 5.60. The summed E-state index contributed by atoms with van der Waals surface area (Å²) in [7, 11) is 3.19. The van der Waals surface area contributed by atoms with Crippen molar-refractivity contribution in [2.24, 2.45) is 0 Å². The van der Waals surface area contributed by atoms with Crippen LogP contribution in [0, 0.1) is 6.92 Å². The normalized spacial score (nSPS) is 10.5. The lowest BCUT2D eigenvalue weighted by Crippen LogP contribution is -2.16. The number of carbonyl (C=O) groups excluding carboxylic acids is 1. The van der Waals surface area contributed by atoms with Gasteiger partial charge in [-0.3, -0.25) is 5.32 Å². The van der Waals surface area contributed by atoms with Crippen LogP contribution in [0.1, 0.15) is 12.6 Å². The zero-order chi connectivity index (χ0) is 19.4. The van der Waals surface area contributed by atoms with Gasteiger partial charge in [-0.15, -0.1) is 11.3 Å². The Balaban J connectivity index is 1.91. The first-order chi connectivity index (χ1) is 13.0. The Morgan fingerprint density at radius 3 is 2.70 bits per heavy atom. The summed E-state index contributed by atoms with van der Waals surface area (Å²) in [6, 6.07) is 7.36. The van der Waals surface area contributed by atoms with E-state index in [1.807, 2.05) is 30.5 Å². The molecule has 3 rings (SSSR count). The quantitative estimate of drug-likeness (QED) is 0.689. The van der Waals surface area contributed by atoms with Gasteiger partial charge in [0.15, 0.2) is 11.5 Å². The second-order valence-corrected chi connectivity index (χ2v) is 6.35. The molecule has 8 nitrogen and oxygen atoms in total. The molecule has 142 valence electrons. The first-order valence-electron chi connectivity index (χ1n) is 8.24. The van der Waals surface area contributed by atoms with E-state index >= 15 is 0 Å². The molecule has 1 aromatic carbocycles. The maximum absolute atomic E-state index is 11.7. The first-order valence-corrected chi connectivity index (χ1v) is 9.12. The molecule has 3 aromatic rings. The number of nitrogens with zero attached hydrogens (tertiary/aromatic N) is 3. The molecule has 0 fully saturated rings. The van der Waals surface area contributed by atoms with Crippen molar-refractivity contribution in [3.05, 3.63) is 35.3 Å². The lowest BCUT2D eigenvalue weighted by Gasteiger charge is -2.08. The van der Waals surface area contributed by atoms with Crippen molar-refractivity contribution >= 4 is 23.2 Å². The van der Waals surface area contributed by atoms with E-state index in [-0.39, 0.29) is 0 Å².